The standard InChI is InChI=1S/C27H24N2O3/c1-2-17-28(18-16-20-8-4-3-5-9-20)25(30)22-14-12-21(13-15-22)19-29-26(31)23-10-6-7-11-24(23)27(29)32/h2-15H,1,16-19H2. The molecule has 1 aliphatic rings. The van der Waals surface area contributed by atoms with Crippen LogP contribution >= 0.6 is 0 Å². The van der Waals surface area contributed by atoms with Crippen molar-refractivity contribution in [3.63, 3.8) is 0 Å². The van der Waals surface area contributed by atoms with Gasteiger partial charge in [-0.2, -0.15) is 0 Å². The maximum absolute atomic E-state index is 13.0. The number of hydrogen-bond acceptors (Lipinski definition) is 3. The molecule has 0 bridgehead atoms. The summed E-state index contributed by atoms with van der Waals surface area (Å²) in [6.07, 6.45) is 2.48. The third-order valence-electron chi connectivity index (χ3n) is 5.57. The van der Waals surface area contributed by atoms with E-state index < -0.39 is 0 Å². The Morgan fingerprint density at radius 3 is 2.00 bits per heavy atom. The van der Waals surface area contributed by atoms with Gasteiger partial charge in [0, 0.05) is 18.7 Å². The lowest BCUT2D eigenvalue weighted by atomic mass is 10.1. The van der Waals surface area contributed by atoms with Crippen molar-refractivity contribution < 1.29 is 14.4 Å². The highest BCUT2D eigenvalue weighted by molar-refractivity contribution is 6.21. The van der Waals surface area contributed by atoms with Gasteiger partial charge < -0.3 is 4.90 Å². The molecule has 1 aliphatic heterocycles. The van der Waals surface area contributed by atoms with Gasteiger partial charge in [0.05, 0.1) is 17.7 Å². The van der Waals surface area contributed by atoms with Crippen LogP contribution in [-0.4, -0.2) is 40.6 Å². The molecular formula is C27H24N2O3. The Morgan fingerprint density at radius 1 is 0.812 bits per heavy atom. The lowest BCUT2D eigenvalue weighted by molar-refractivity contribution is 0.0641. The lowest BCUT2D eigenvalue weighted by Gasteiger charge is -2.21. The van der Waals surface area contributed by atoms with Gasteiger partial charge in [-0.25, -0.2) is 0 Å². The normalized spacial score (nSPS) is 12.6. The van der Waals surface area contributed by atoms with Crippen LogP contribution in [0.25, 0.3) is 0 Å². The van der Waals surface area contributed by atoms with Crippen LogP contribution in [0, 0.1) is 0 Å². The summed E-state index contributed by atoms with van der Waals surface area (Å²) in [7, 11) is 0. The molecule has 5 nitrogen and oxygen atoms in total. The SMILES string of the molecule is C=CCN(CCc1ccccc1)C(=O)c1ccc(CN2C(=O)c3ccccc3C2=O)cc1. The van der Waals surface area contributed by atoms with Crippen LogP contribution in [0.2, 0.25) is 0 Å². The maximum atomic E-state index is 13.0. The maximum Gasteiger partial charge on any atom is 0.261 e. The van der Waals surface area contributed by atoms with E-state index in [4.69, 9.17) is 0 Å². The summed E-state index contributed by atoms with van der Waals surface area (Å²) in [5, 5.41) is 0. The molecule has 3 amide bonds. The zero-order valence-electron chi connectivity index (χ0n) is 17.7. The molecule has 3 aromatic rings. The van der Waals surface area contributed by atoms with E-state index in [2.05, 4.69) is 6.58 Å². The minimum atomic E-state index is -0.288. The fraction of sp³-hybridized carbons (Fsp3) is 0.148. The lowest BCUT2D eigenvalue weighted by Crippen LogP contribution is -2.33. The molecule has 0 radical (unpaired) electrons. The fourth-order valence-corrected chi connectivity index (χ4v) is 3.84. The quantitative estimate of drug-likeness (QED) is 0.399. The molecule has 0 saturated heterocycles. The minimum Gasteiger partial charge on any atom is -0.335 e. The van der Waals surface area contributed by atoms with Crippen molar-refractivity contribution in [1.29, 1.82) is 0 Å². The summed E-state index contributed by atoms with van der Waals surface area (Å²) >= 11 is 0. The molecule has 0 aromatic heterocycles. The smallest absolute Gasteiger partial charge is 0.261 e. The predicted molar refractivity (Wildman–Crippen MR) is 123 cm³/mol. The number of fused-ring (bicyclic) bond motifs is 1. The molecule has 4 rings (SSSR count). The predicted octanol–water partition coefficient (Wildman–Crippen LogP) is 4.35. The van der Waals surface area contributed by atoms with Crippen molar-refractivity contribution in [1.82, 2.24) is 9.80 Å². The molecule has 160 valence electrons. The first-order valence-corrected chi connectivity index (χ1v) is 10.6. The van der Waals surface area contributed by atoms with Crippen LogP contribution in [0.5, 0.6) is 0 Å². The molecule has 0 fully saturated rings. The second-order valence-corrected chi connectivity index (χ2v) is 7.71. The number of carbonyl (C=O) groups excluding carboxylic acids is 3. The first kappa shape index (κ1) is 21.2. The van der Waals surface area contributed by atoms with Crippen LogP contribution in [0.3, 0.4) is 0 Å². The van der Waals surface area contributed by atoms with E-state index in [1.807, 2.05) is 30.3 Å². The minimum absolute atomic E-state index is 0.0758. The average Bonchev–Trinajstić information content (AvgIpc) is 3.07. The third-order valence-corrected chi connectivity index (χ3v) is 5.57. The van der Waals surface area contributed by atoms with Gasteiger partial charge in [0.25, 0.3) is 17.7 Å². The van der Waals surface area contributed by atoms with Gasteiger partial charge in [0.2, 0.25) is 0 Å². The molecular weight excluding hydrogens is 400 g/mol. The highest BCUT2D eigenvalue weighted by Crippen LogP contribution is 2.24. The Labute approximate surface area is 187 Å². The summed E-state index contributed by atoms with van der Waals surface area (Å²) in [6, 6.07) is 23.9. The van der Waals surface area contributed by atoms with Gasteiger partial charge >= 0.3 is 0 Å². The van der Waals surface area contributed by atoms with E-state index >= 15 is 0 Å². The van der Waals surface area contributed by atoms with Gasteiger partial charge in [-0.3, -0.25) is 19.3 Å². The van der Waals surface area contributed by atoms with Crippen molar-refractivity contribution >= 4 is 17.7 Å². The summed E-state index contributed by atoms with van der Waals surface area (Å²) < 4.78 is 0. The summed E-state index contributed by atoms with van der Waals surface area (Å²) in [5.74, 6) is -0.652. The van der Waals surface area contributed by atoms with Crippen molar-refractivity contribution in [3.8, 4) is 0 Å². The number of rotatable bonds is 8. The Kier molecular flexibility index (Phi) is 6.26. The molecule has 32 heavy (non-hydrogen) atoms. The topological polar surface area (TPSA) is 57.7 Å². The Balaban J connectivity index is 1.43. The Morgan fingerprint density at radius 2 is 1.41 bits per heavy atom. The van der Waals surface area contributed by atoms with E-state index in [0.717, 1.165) is 12.0 Å². The van der Waals surface area contributed by atoms with Crippen LogP contribution in [0.15, 0.2) is 91.5 Å². The molecule has 0 N–H and O–H groups in total. The number of hydrogen-bond donors (Lipinski definition) is 0. The summed E-state index contributed by atoms with van der Waals surface area (Å²) in [4.78, 5) is 41.2. The first-order valence-electron chi connectivity index (χ1n) is 10.6. The van der Waals surface area contributed by atoms with E-state index in [0.29, 0.717) is 29.8 Å². The van der Waals surface area contributed by atoms with E-state index in [-0.39, 0.29) is 24.3 Å². The average molecular weight is 425 g/mol. The zero-order chi connectivity index (χ0) is 22.5. The van der Waals surface area contributed by atoms with E-state index in [9.17, 15) is 14.4 Å². The fourth-order valence-electron chi connectivity index (χ4n) is 3.84. The molecule has 0 unspecified atom stereocenters. The number of carbonyl (C=O) groups is 3. The Bertz CT molecular complexity index is 1120. The highest BCUT2D eigenvalue weighted by Gasteiger charge is 2.34. The number of nitrogens with zero attached hydrogens (tertiary/aromatic N) is 2. The number of benzene rings is 3. The number of amides is 3. The van der Waals surface area contributed by atoms with Crippen molar-refractivity contribution in [2.45, 2.75) is 13.0 Å². The molecule has 0 aliphatic carbocycles. The zero-order valence-corrected chi connectivity index (χ0v) is 17.7. The van der Waals surface area contributed by atoms with Gasteiger partial charge in [0.1, 0.15) is 0 Å². The molecule has 3 aromatic carbocycles. The monoisotopic (exact) mass is 424 g/mol. The molecule has 0 saturated carbocycles. The first-order chi connectivity index (χ1) is 15.6. The number of imide groups is 1. The van der Waals surface area contributed by atoms with Crippen molar-refractivity contribution in [2.75, 3.05) is 13.1 Å². The van der Waals surface area contributed by atoms with Gasteiger partial charge in [0.15, 0.2) is 0 Å². The van der Waals surface area contributed by atoms with Gasteiger partial charge in [-0.05, 0) is 41.8 Å². The van der Waals surface area contributed by atoms with Crippen LogP contribution in [0.4, 0.5) is 0 Å². The Hall–Kier alpha value is -3.99. The van der Waals surface area contributed by atoms with E-state index in [1.54, 1.807) is 59.5 Å². The molecule has 1 heterocycles. The second kappa shape index (κ2) is 9.43. The van der Waals surface area contributed by atoms with Crippen LogP contribution in [-0.2, 0) is 13.0 Å². The summed E-state index contributed by atoms with van der Waals surface area (Å²) in [6.45, 7) is 4.99. The summed E-state index contributed by atoms with van der Waals surface area (Å²) in [5.41, 5.74) is 3.39. The van der Waals surface area contributed by atoms with Gasteiger partial charge in [-0.1, -0.05) is 60.7 Å². The van der Waals surface area contributed by atoms with Gasteiger partial charge in [-0.15, -0.1) is 6.58 Å². The highest BCUT2D eigenvalue weighted by atomic mass is 16.2. The van der Waals surface area contributed by atoms with Crippen molar-refractivity contribution in [3.05, 3.63) is 119 Å². The van der Waals surface area contributed by atoms with Crippen LogP contribution in [0.1, 0.15) is 42.2 Å². The van der Waals surface area contributed by atoms with Crippen molar-refractivity contribution in [2.24, 2.45) is 0 Å². The largest absolute Gasteiger partial charge is 0.335 e. The molecule has 0 spiro atoms. The molecule has 0 atom stereocenters. The second-order valence-electron chi connectivity index (χ2n) is 7.71. The van der Waals surface area contributed by atoms with E-state index in [1.165, 1.54) is 10.5 Å². The van der Waals surface area contributed by atoms with Crippen LogP contribution < -0.4 is 0 Å². The molecule has 5 heteroatoms. The third kappa shape index (κ3) is 4.37.